The number of hydrogen-bond donors (Lipinski definition) is 1. The molecule has 1 amide bonds. The van der Waals surface area contributed by atoms with Crippen LogP contribution in [0, 0.1) is 26.6 Å². The molecule has 4 rings (SSSR count). The predicted octanol–water partition coefficient (Wildman–Crippen LogP) is 3.60. The van der Waals surface area contributed by atoms with Crippen LogP contribution in [-0.2, 0) is 14.4 Å². The molecule has 1 spiro atoms. The number of Topliss-reactive ketones (excluding diaryl/α,β-unsaturated/α-hetero) is 1. The first-order valence-electron chi connectivity index (χ1n) is 10.3. The Morgan fingerprint density at radius 3 is 2.30 bits per heavy atom. The van der Waals surface area contributed by atoms with E-state index in [4.69, 9.17) is 4.84 Å². The van der Waals surface area contributed by atoms with Gasteiger partial charge in [0.1, 0.15) is 17.3 Å². The Bertz CT molecular complexity index is 1010. The van der Waals surface area contributed by atoms with E-state index in [1.165, 1.54) is 12.1 Å². The maximum Gasteiger partial charge on any atom is 0.235 e. The molecule has 0 radical (unpaired) electrons. The fourth-order valence-corrected chi connectivity index (χ4v) is 5.15. The lowest BCUT2D eigenvalue weighted by molar-refractivity contribution is -0.157. The van der Waals surface area contributed by atoms with E-state index in [1.807, 2.05) is 31.9 Å². The topological polar surface area (TPSA) is 58.6 Å². The molecule has 158 valence electrons. The van der Waals surface area contributed by atoms with Crippen molar-refractivity contribution in [1.29, 1.82) is 0 Å². The zero-order valence-corrected chi connectivity index (χ0v) is 17.8. The minimum absolute atomic E-state index is 0.0524. The van der Waals surface area contributed by atoms with Gasteiger partial charge in [0.05, 0.1) is 7.11 Å². The van der Waals surface area contributed by atoms with Gasteiger partial charge < -0.3 is 10.2 Å². The van der Waals surface area contributed by atoms with Crippen molar-refractivity contribution in [2.75, 3.05) is 20.2 Å². The van der Waals surface area contributed by atoms with Crippen molar-refractivity contribution in [3.8, 4) is 11.1 Å². The highest BCUT2D eigenvalue weighted by Crippen LogP contribution is 2.41. The maximum atomic E-state index is 13.6. The van der Waals surface area contributed by atoms with E-state index < -0.39 is 11.5 Å². The van der Waals surface area contributed by atoms with Gasteiger partial charge in [0.25, 0.3) is 0 Å². The van der Waals surface area contributed by atoms with Gasteiger partial charge in [-0.25, -0.2) is 4.39 Å². The molecule has 6 heteroatoms. The molecular weight excluding hydrogens is 383 g/mol. The number of hydroxylamine groups is 2. The van der Waals surface area contributed by atoms with Gasteiger partial charge in [-0.2, -0.15) is 5.06 Å². The van der Waals surface area contributed by atoms with Crippen molar-refractivity contribution in [1.82, 2.24) is 10.4 Å². The molecule has 30 heavy (non-hydrogen) atoms. The number of nitrogens with zero attached hydrogens (tertiary/aromatic N) is 1. The number of carbonyl (C=O) groups excluding carboxylic acids is 2. The first-order valence-corrected chi connectivity index (χ1v) is 10.3. The van der Waals surface area contributed by atoms with Crippen molar-refractivity contribution in [3.63, 3.8) is 0 Å². The van der Waals surface area contributed by atoms with E-state index in [-0.39, 0.29) is 17.5 Å². The lowest BCUT2D eigenvalue weighted by Crippen LogP contribution is -2.54. The number of nitrogens with one attached hydrogen (secondary N) is 1. The molecule has 0 saturated carbocycles. The molecular formula is C24H27FN2O3. The molecule has 5 nitrogen and oxygen atoms in total. The van der Waals surface area contributed by atoms with Crippen LogP contribution >= 0.6 is 0 Å². The Kier molecular flexibility index (Phi) is 5.24. The number of piperidine rings is 1. The number of halogens is 1. The van der Waals surface area contributed by atoms with Gasteiger partial charge in [-0.3, -0.25) is 9.59 Å². The second-order valence-corrected chi connectivity index (χ2v) is 8.41. The number of hydrogen-bond acceptors (Lipinski definition) is 4. The monoisotopic (exact) mass is 410 g/mol. The molecule has 2 saturated heterocycles. The number of aryl methyl sites for hydroxylation is 2. The van der Waals surface area contributed by atoms with Gasteiger partial charge in [0.15, 0.2) is 5.78 Å². The standard InChI is InChI=1S/C24H27FN2O3/c1-14-13-15(2)20(16(3)19(14)17-5-7-18(25)8-6-17)21-22(28)24(26-23(21)29)9-11-27(30-4)12-10-24/h5-8,13,21H,9-12H2,1-4H3,(H,26,29). The summed E-state index contributed by atoms with van der Waals surface area (Å²) in [6, 6.07) is 8.35. The van der Waals surface area contributed by atoms with Gasteiger partial charge in [0, 0.05) is 13.1 Å². The molecule has 2 aliphatic heterocycles. The molecule has 2 aromatic rings. The summed E-state index contributed by atoms with van der Waals surface area (Å²) in [5.41, 5.74) is 4.64. The Labute approximate surface area is 176 Å². The largest absolute Gasteiger partial charge is 0.343 e. The van der Waals surface area contributed by atoms with Crippen molar-refractivity contribution in [3.05, 3.63) is 58.4 Å². The second kappa shape index (κ2) is 7.60. The zero-order valence-electron chi connectivity index (χ0n) is 17.8. The SMILES string of the molecule is CON1CCC2(CC1)NC(=O)C(c1c(C)cc(C)c(-c3ccc(F)cc3)c1C)C2=O. The van der Waals surface area contributed by atoms with Gasteiger partial charge >= 0.3 is 0 Å². The number of benzene rings is 2. The molecule has 1 atom stereocenters. The molecule has 2 aliphatic rings. The highest BCUT2D eigenvalue weighted by molar-refractivity contribution is 6.17. The lowest BCUT2D eigenvalue weighted by atomic mass is 9.77. The van der Waals surface area contributed by atoms with Crippen LogP contribution < -0.4 is 5.32 Å². The van der Waals surface area contributed by atoms with Crippen LogP contribution in [0.15, 0.2) is 30.3 Å². The van der Waals surface area contributed by atoms with Crippen molar-refractivity contribution in [2.45, 2.75) is 45.1 Å². The molecule has 0 aliphatic carbocycles. The number of rotatable bonds is 3. The van der Waals surface area contributed by atoms with Gasteiger partial charge in [-0.15, -0.1) is 0 Å². The third kappa shape index (κ3) is 3.24. The quantitative estimate of drug-likeness (QED) is 0.786. The summed E-state index contributed by atoms with van der Waals surface area (Å²) in [6.45, 7) is 7.10. The van der Waals surface area contributed by atoms with E-state index >= 15 is 0 Å². The van der Waals surface area contributed by atoms with Gasteiger partial charge in [-0.05, 0) is 79.1 Å². The molecule has 0 aromatic heterocycles. The normalized spacial score (nSPS) is 21.3. The Morgan fingerprint density at radius 1 is 1.07 bits per heavy atom. The van der Waals surface area contributed by atoms with E-state index in [1.54, 1.807) is 19.2 Å². The fourth-order valence-electron chi connectivity index (χ4n) is 5.15. The van der Waals surface area contributed by atoms with Gasteiger partial charge in [-0.1, -0.05) is 18.2 Å². The summed E-state index contributed by atoms with van der Waals surface area (Å²) < 4.78 is 13.4. The van der Waals surface area contributed by atoms with Crippen LogP contribution in [0.1, 0.15) is 41.0 Å². The first kappa shape index (κ1) is 20.7. The Morgan fingerprint density at radius 2 is 1.70 bits per heavy atom. The number of carbonyl (C=O) groups is 2. The summed E-state index contributed by atoms with van der Waals surface area (Å²) >= 11 is 0. The average Bonchev–Trinajstić information content (AvgIpc) is 2.94. The molecule has 2 aromatic carbocycles. The number of amides is 1. The van der Waals surface area contributed by atoms with Crippen LogP contribution in [0.25, 0.3) is 11.1 Å². The molecule has 2 fully saturated rings. The summed E-state index contributed by atoms with van der Waals surface area (Å²) in [7, 11) is 1.62. The predicted molar refractivity (Wildman–Crippen MR) is 112 cm³/mol. The summed E-state index contributed by atoms with van der Waals surface area (Å²) in [5.74, 6) is -1.40. The molecule has 1 N–H and O–H groups in total. The summed E-state index contributed by atoms with van der Waals surface area (Å²) in [5, 5.41) is 4.84. The summed E-state index contributed by atoms with van der Waals surface area (Å²) in [6.07, 6.45) is 1.08. The number of ketones is 1. The molecule has 0 bridgehead atoms. The van der Waals surface area contributed by atoms with Crippen molar-refractivity contribution < 1.29 is 18.8 Å². The molecule has 2 heterocycles. The second-order valence-electron chi connectivity index (χ2n) is 8.41. The van der Waals surface area contributed by atoms with Crippen molar-refractivity contribution in [2.24, 2.45) is 0 Å². The van der Waals surface area contributed by atoms with E-state index in [9.17, 15) is 14.0 Å². The van der Waals surface area contributed by atoms with Crippen LogP contribution in [0.2, 0.25) is 0 Å². The highest BCUT2D eigenvalue weighted by atomic mass is 19.1. The van der Waals surface area contributed by atoms with Crippen LogP contribution in [0.5, 0.6) is 0 Å². The third-order valence-corrected chi connectivity index (χ3v) is 6.65. The lowest BCUT2D eigenvalue weighted by Gasteiger charge is -2.36. The zero-order chi connectivity index (χ0) is 21.6. The van der Waals surface area contributed by atoms with E-state index in [2.05, 4.69) is 5.32 Å². The van der Waals surface area contributed by atoms with E-state index in [0.29, 0.717) is 25.9 Å². The minimum atomic E-state index is -0.823. The molecule has 1 unspecified atom stereocenters. The third-order valence-electron chi connectivity index (χ3n) is 6.65. The average molecular weight is 410 g/mol. The maximum absolute atomic E-state index is 13.6. The fraction of sp³-hybridized carbons (Fsp3) is 0.417. The van der Waals surface area contributed by atoms with Crippen LogP contribution in [0.4, 0.5) is 4.39 Å². The first-order chi connectivity index (χ1) is 14.3. The van der Waals surface area contributed by atoms with Gasteiger partial charge in [0.2, 0.25) is 5.91 Å². The van der Waals surface area contributed by atoms with E-state index in [0.717, 1.165) is 33.4 Å². The van der Waals surface area contributed by atoms with Crippen LogP contribution in [-0.4, -0.2) is 42.5 Å². The highest BCUT2D eigenvalue weighted by Gasteiger charge is 2.54. The van der Waals surface area contributed by atoms with Crippen LogP contribution in [0.3, 0.4) is 0 Å². The Hall–Kier alpha value is -2.57. The summed E-state index contributed by atoms with van der Waals surface area (Å²) in [4.78, 5) is 31.9. The smallest absolute Gasteiger partial charge is 0.235 e. The minimum Gasteiger partial charge on any atom is -0.343 e. The van der Waals surface area contributed by atoms with Crippen molar-refractivity contribution >= 4 is 11.7 Å². The Balaban J connectivity index is 1.77.